The quantitative estimate of drug-likeness (QED) is 0.811. The predicted molar refractivity (Wildman–Crippen MR) is 64.2 cm³/mol. The molecule has 0 aliphatic carbocycles. The molecule has 2 aromatic rings. The predicted octanol–water partition coefficient (Wildman–Crippen LogP) is 1.20. The highest BCUT2D eigenvalue weighted by Gasteiger charge is 2.29. The molecule has 2 rings (SSSR count). The second kappa shape index (κ2) is 5.07. The van der Waals surface area contributed by atoms with Crippen molar-refractivity contribution >= 4 is 34.6 Å². The Morgan fingerprint density at radius 3 is 2.26 bits per heavy atom. The molecule has 0 aliphatic heterocycles. The standard InChI is InChI=1S/C11H7ClN2O5/c12-5-1-2-6(8-7(5)13-3-4-14-8)19-9(10(15)16)11(17)18/h1-4,9H,(H,15,16)(H,17,18). The van der Waals surface area contributed by atoms with Crippen molar-refractivity contribution in [3.8, 4) is 5.75 Å². The molecule has 98 valence electrons. The lowest BCUT2D eigenvalue weighted by Crippen LogP contribution is -2.35. The molecule has 0 unspecified atom stereocenters. The minimum atomic E-state index is -2.02. The zero-order valence-electron chi connectivity index (χ0n) is 9.28. The third-order valence-electron chi connectivity index (χ3n) is 2.23. The van der Waals surface area contributed by atoms with Crippen molar-refractivity contribution < 1.29 is 24.5 Å². The number of fused-ring (bicyclic) bond motifs is 1. The van der Waals surface area contributed by atoms with Gasteiger partial charge in [-0.15, -0.1) is 0 Å². The summed E-state index contributed by atoms with van der Waals surface area (Å²) in [6.07, 6.45) is 0.748. The molecule has 0 atom stereocenters. The molecule has 0 aliphatic rings. The molecule has 1 aromatic heterocycles. The van der Waals surface area contributed by atoms with Crippen LogP contribution in [0.1, 0.15) is 0 Å². The lowest BCUT2D eigenvalue weighted by atomic mass is 10.2. The average molecular weight is 283 g/mol. The largest absolute Gasteiger partial charge is 0.478 e. The van der Waals surface area contributed by atoms with E-state index in [0.29, 0.717) is 10.5 Å². The van der Waals surface area contributed by atoms with Gasteiger partial charge < -0.3 is 14.9 Å². The maximum absolute atomic E-state index is 10.8. The lowest BCUT2D eigenvalue weighted by molar-refractivity contribution is -0.158. The number of halogens is 1. The Balaban J connectivity index is 2.49. The first-order chi connectivity index (χ1) is 9.00. The van der Waals surface area contributed by atoms with E-state index in [9.17, 15) is 9.59 Å². The van der Waals surface area contributed by atoms with Crippen molar-refractivity contribution in [2.45, 2.75) is 6.10 Å². The van der Waals surface area contributed by atoms with Crippen LogP contribution in [0.25, 0.3) is 11.0 Å². The van der Waals surface area contributed by atoms with Gasteiger partial charge in [-0.2, -0.15) is 0 Å². The highest BCUT2D eigenvalue weighted by molar-refractivity contribution is 6.35. The highest BCUT2D eigenvalue weighted by atomic mass is 35.5. The zero-order chi connectivity index (χ0) is 14.0. The maximum atomic E-state index is 10.8. The van der Waals surface area contributed by atoms with Gasteiger partial charge in [-0.3, -0.25) is 4.98 Å². The van der Waals surface area contributed by atoms with E-state index >= 15 is 0 Å². The lowest BCUT2D eigenvalue weighted by Gasteiger charge is -2.12. The van der Waals surface area contributed by atoms with Crippen LogP contribution >= 0.6 is 11.6 Å². The normalized spacial score (nSPS) is 10.6. The van der Waals surface area contributed by atoms with Crippen LogP contribution in [-0.4, -0.2) is 38.2 Å². The van der Waals surface area contributed by atoms with E-state index in [2.05, 4.69) is 9.97 Å². The molecule has 0 fully saturated rings. The van der Waals surface area contributed by atoms with Gasteiger partial charge in [0.15, 0.2) is 0 Å². The van der Waals surface area contributed by atoms with Crippen LogP contribution in [0.15, 0.2) is 24.5 Å². The first kappa shape index (κ1) is 13.0. The number of hydrogen-bond donors (Lipinski definition) is 2. The molecule has 0 spiro atoms. The summed E-state index contributed by atoms with van der Waals surface area (Å²) in [6.45, 7) is 0. The van der Waals surface area contributed by atoms with Crippen LogP contribution in [0.5, 0.6) is 5.75 Å². The second-order valence-corrected chi connectivity index (χ2v) is 3.88. The molecule has 0 saturated carbocycles. The van der Waals surface area contributed by atoms with Crippen molar-refractivity contribution in [1.29, 1.82) is 0 Å². The number of ether oxygens (including phenoxy) is 1. The third-order valence-corrected chi connectivity index (χ3v) is 2.54. The van der Waals surface area contributed by atoms with Crippen molar-refractivity contribution in [3.63, 3.8) is 0 Å². The Bertz CT molecular complexity index is 647. The molecule has 1 aromatic carbocycles. The van der Waals surface area contributed by atoms with Crippen LogP contribution < -0.4 is 4.74 Å². The van der Waals surface area contributed by atoms with Crippen LogP contribution in [0, 0.1) is 0 Å². The van der Waals surface area contributed by atoms with Gasteiger partial charge in [0.1, 0.15) is 16.8 Å². The molecule has 0 bridgehead atoms. The minimum Gasteiger partial charge on any atom is -0.478 e. The summed E-state index contributed by atoms with van der Waals surface area (Å²) in [6, 6.07) is 2.77. The highest BCUT2D eigenvalue weighted by Crippen LogP contribution is 2.28. The van der Waals surface area contributed by atoms with Crippen LogP contribution in [-0.2, 0) is 9.59 Å². The Kier molecular flexibility index (Phi) is 3.48. The Labute approximate surface area is 111 Å². The van der Waals surface area contributed by atoms with Gasteiger partial charge in [0.05, 0.1) is 5.02 Å². The molecule has 0 amide bonds. The molecule has 2 N–H and O–H groups in total. The number of benzene rings is 1. The summed E-state index contributed by atoms with van der Waals surface area (Å²) >= 11 is 5.90. The first-order valence-electron chi connectivity index (χ1n) is 5.02. The molecule has 19 heavy (non-hydrogen) atoms. The number of aromatic nitrogens is 2. The van der Waals surface area contributed by atoms with Crippen molar-refractivity contribution in [2.24, 2.45) is 0 Å². The van der Waals surface area contributed by atoms with E-state index in [1.54, 1.807) is 0 Å². The van der Waals surface area contributed by atoms with E-state index in [4.69, 9.17) is 26.6 Å². The molecule has 8 heteroatoms. The van der Waals surface area contributed by atoms with Crippen molar-refractivity contribution in [3.05, 3.63) is 29.5 Å². The number of carboxylic acids is 2. The monoisotopic (exact) mass is 282 g/mol. The summed E-state index contributed by atoms with van der Waals surface area (Å²) in [4.78, 5) is 29.5. The molecular weight excluding hydrogens is 276 g/mol. The van der Waals surface area contributed by atoms with E-state index in [1.807, 2.05) is 0 Å². The maximum Gasteiger partial charge on any atom is 0.356 e. The van der Waals surface area contributed by atoms with Gasteiger partial charge in [-0.25, -0.2) is 14.6 Å². The Hall–Kier alpha value is -2.41. The molecular formula is C11H7ClN2O5. The van der Waals surface area contributed by atoms with Crippen LogP contribution in [0.2, 0.25) is 5.02 Å². The number of nitrogens with zero attached hydrogens (tertiary/aromatic N) is 2. The smallest absolute Gasteiger partial charge is 0.356 e. The van der Waals surface area contributed by atoms with Gasteiger partial charge in [-0.05, 0) is 12.1 Å². The van der Waals surface area contributed by atoms with Gasteiger partial charge in [-0.1, -0.05) is 11.6 Å². The molecule has 7 nitrogen and oxygen atoms in total. The number of aliphatic carboxylic acids is 2. The fraction of sp³-hybridized carbons (Fsp3) is 0.0909. The van der Waals surface area contributed by atoms with Gasteiger partial charge in [0.2, 0.25) is 0 Å². The number of carbonyl (C=O) groups is 2. The second-order valence-electron chi connectivity index (χ2n) is 3.47. The summed E-state index contributed by atoms with van der Waals surface area (Å²) < 4.78 is 4.95. The van der Waals surface area contributed by atoms with Gasteiger partial charge in [0, 0.05) is 12.4 Å². The van der Waals surface area contributed by atoms with E-state index in [1.165, 1.54) is 24.5 Å². The number of hydrogen-bond acceptors (Lipinski definition) is 5. The zero-order valence-corrected chi connectivity index (χ0v) is 10.0. The third kappa shape index (κ3) is 2.55. The minimum absolute atomic E-state index is 0.0118. The van der Waals surface area contributed by atoms with E-state index in [-0.39, 0.29) is 11.3 Å². The summed E-state index contributed by atoms with van der Waals surface area (Å²) in [7, 11) is 0. The number of carboxylic acid groups (broad SMARTS) is 2. The molecule has 0 radical (unpaired) electrons. The summed E-state index contributed by atoms with van der Waals surface area (Å²) in [5.74, 6) is -3.23. The summed E-state index contributed by atoms with van der Waals surface area (Å²) in [5, 5.41) is 17.8. The van der Waals surface area contributed by atoms with Crippen LogP contribution in [0.4, 0.5) is 0 Å². The Morgan fingerprint density at radius 2 is 1.68 bits per heavy atom. The van der Waals surface area contributed by atoms with Crippen molar-refractivity contribution in [2.75, 3.05) is 0 Å². The fourth-order valence-electron chi connectivity index (χ4n) is 1.43. The van der Waals surface area contributed by atoms with E-state index in [0.717, 1.165) is 0 Å². The molecule has 1 heterocycles. The molecule has 0 saturated heterocycles. The fourth-order valence-corrected chi connectivity index (χ4v) is 1.63. The SMILES string of the molecule is O=C(O)C(Oc1ccc(Cl)c2nccnc12)C(=O)O. The number of rotatable bonds is 4. The topological polar surface area (TPSA) is 110 Å². The van der Waals surface area contributed by atoms with Gasteiger partial charge >= 0.3 is 11.9 Å². The summed E-state index contributed by atoms with van der Waals surface area (Å²) in [5.41, 5.74) is 0.499. The van der Waals surface area contributed by atoms with E-state index < -0.39 is 18.0 Å². The van der Waals surface area contributed by atoms with Gasteiger partial charge in [0.25, 0.3) is 6.10 Å². The van der Waals surface area contributed by atoms with Crippen LogP contribution in [0.3, 0.4) is 0 Å². The van der Waals surface area contributed by atoms with Crippen molar-refractivity contribution in [1.82, 2.24) is 9.97 Å². The average Bonchev–Trinajstić information content (AvgIpc) is 2.37. The Morgan fingerprint density at radius 1 is 1.11 bits per heavy atom. The first-order valence-corrected chi connectivity index (χ1v) is 5.40.